The van der Waals surface area contributed by atoms with Gasteiger partial charge in [-0.25, -0.2) is 13.8 Å². The van der Waals surface area contributed by atoms with Gasteiger partial charge >= 0.3 is 6.18 Å². The van der Waals surface area contributed by atoms with Gasteiger partial charge in [0.05, 0.1) is 22.2 Å². The normalized spacial score (nSPS) is 13.0. The lowest BCUT2D eigenvalue weighted by Crippen LogP contribution is -2.20. The molecule has 2 N–H and O–H groups in total. The zero-order valence-corrected chi connectivity index (χ0v) is 18.6. The van der Waals surface area contributed by atoms with Crippen LogP contribution in [-0.2, 0) is 6.54 Å². The zero-order chi connectivity index (χ0) is 23.5. The van der Waals surface area contributed by atoms with Crippen LogP contribution in [0.15, 0.2) is 64.4 Å². The van der Waals surface area contributed by atoms with Gasteiger partial charge in [0, 0.05) is 28.3 Å². The van der Waals surface area contributed by atoms with Crippen LogP contribution in [0.1, 0.15) is 16.0 Å². The monoisotopic (exact) mass is 483 g/mol. The summed E-state index contributed by atoms with van der Waals surface area (Å²) < 4.78 is 66.1. The second kappa shape index (κ2) is 9.83. The van der Waals surface area contributed by atoms with Gasteiger partial charge in [0.25, 0.3) is 0 Å². The average Bonchev–Trinajstić information content (AvgIpc) is 3.21. The number of nitrogens with zero attached hydrogens (tertiary/aromatic N) is 2. The summed E-state index contributed by atoms with van der Waals surface area (Å²) in [6.45, 7) is 1.65. The predicted octanol–water partition coefficient (Wildman–Crippen LogP) is 6.51. The Morgan fingerprint density at radius 2 is 1.94 bits per heavy atom. The van der Waals surface area contributed by atoms with Crippen molar-refractivity contribution in [3.05, 3.63) is 82.0 Å². The van der Waals surface area contributed by atoms with E-state index < -0.39 is 23.5 Å². The van der Waals surface area contributed by atoms with Gasteiger partial charge in [-0.05, 0) is 49.1 Å². The second-order valence-electron chi connectivity index (χ2n) is 6.75. The third-order valence-corrected chi connectivity index (χ3v) is 6.39. The van der Waals surface area contributed by atoms with Crippen LogP contribution in [0.4, 0.5) is 22.0 Å². The molecule has 3 nitrogen and oxygen atoms in total. The second-order valence-corrected chi connectivity index (χ2v) is 8.63. The maximum atomic E-state index is 13.9. The Bertz CT molecular complexity index is 1180. The fraction of sp³-hybridized carbons (Fsp3) is 0.182. The summed E-state index contributed by atoms with van der Waals surface area (Å²) in [5.41, 5.74) is 5.66. The summed E-state index contributed by atoms with van der Waals surface area (Å²) in [5.74, 6) is -1.58. The van der Waals surface area contributed by atoms with Gasteiger partial charge in [-0.3, -0.25) is 4.99 Å². The summed E-state index contributed by atoms with van der Waals surface area (Å²) in [6, 6.07) is 8.27. The molecule has 2 aromatic heterocycles. The molecule has 3 aromatic rings. The Morgan fingerprint density at radius 1 is 1.19 bits per heavy atom. The summed E-state index contributed by atoms with van der Waals surface area (Å²) in [4.78, 5) is 9.73. The Morgan fingerprint density at radius 3 is 2.56 bits per heavy atom. The van der Waals surface area contributed by atoms with Crippen LogP contribution in [0.2, 0.25) is 0 Å². The number of rotatable bonds is 6. The number of aromatic nitrogens is 1. The van der Waals surface area contributed by atoms with Gasteiger partial charge in [0.2, 0.25) is 0 Å². The van der Waals surface area contributed by atoms with E-state index in [9.17, 15) is 22.0 Å². The van der Waals surface area contributed by atoms with Crippen molar-refractivity contribution >= 4 is 28.8 Å². The maximum Gasteiger partial charge on any atom is 0.430 e. The van der Waals surface area contributed by atoms with Crippen molar-refractivity contribution in [2.24, 2.45) is 10.7 Å². The Balaban J connectivity index is 1.99. The number of hydrogen-bond donors (Lipinski definition) is 1. The molecule has 3 rings (SSSR count). The molecule has 0 aliphatic heterocycles. The van der Waals surface area contributed by atoms with Gasteiger partial charge < -0.3 is 5.73 Å². The van der Waals surface area contributed by atoms with Crippen LogP contribution in [0.5, 0.6) is 0 Å². The summed E-state index contributed by atoms with van der Waals surface area (Å²) in [7, 11) is 0. The molecule has 0 unspecified atom stereocenters. The maximum absolute atomic E-state index is 13.9. The number of nitrogens with two attached hydrogens (primary N) is 1. The number of thiophene rings is 1. The number of aryl methyl sites for hydroxylation is 1. The number of hydrogen-bond acceptors (Lipinski definition) is 5. The lowest BCUT2D eigenvalue weighted by Gasteiger charge is -2.08. The molecule has 0 saturated carbocycles. The van der Waals surface area contributed by atoms with Crippen molar-refractivity contribution < 1.29 is 22.0 Å². The first-order chi connectivity index (χ1) is 15.1. The minimum Gasteiger partial charge on any atom is -0.395 e. The van der Waals surface area contributed by atoms with Gasteiger partial charge in [0.15, 0.2) is 0 Å². The first-order valence-corrected chi connectivity index (χ1v) is 11.3. The highest BCUT2D eigenvalue weighted by molar-refractivity contribution is 7.98. The molecule has 0 fully saturated rings. The number of benzene rings is 1. The lowest BCUT2D eigenvalue weighted by atomic mass is 10.2. The van der Waals surface area contributed by atoms with Crippen molar-refractivity contribution in [3.8, 4) is 10.4 Å². The quantitative estimate of drug-likeness (QED) is 0.247. The highest BCUT2D eigenvalue weighted by atomic mass is 32.2. The highest BCUT2D eigenvalue weighted by Gasteiger charge is 2.32. The highest BCUT2D eigenvalue weighted by Crippen LogP contribution is 2.31. The van der Waals surface area contributed by atoms with Crippen LogP contribution >= 0.6 is 23.1 Å². The van der Waals surface area contributed by atoms with Crippen LogP contribution < -0.4 is 5.73 Å². The van der Waals surface area contributed by atoms with E-state index in [-0.39, 0.29) is 17.8 Å². The lowest BCUT2D eigenvalue weighted by molar-refractivity contribution is -0.0925. The summed E-state index contributed by atoms with van der Waals surface area (Å²) in [6.07, 6.45) is -0.407. The number of thioether (sulfide) groups is 1. The van der Waals surface area contributed by atoms with E-state index in [0.29, 0.717) is 10.9 Å². The molecular weight excluding hydrogens is 465 g/mol. The van der Waals surface area contributed by atoms with E-state index in [2.05, 4.69) is 9.98 Å². The molecule has 0 aliphatic rings. The van der Waals surface area contributed by atoms with Crippen molar-refractivity contribution in [2.75, 3.05) is 6.26 Å². The third kappa shape index (κ3) is 5.74. The fourth-order valence-corrected chi connectivity index (χ4v) is 4.29. The third-order valence-electron chi connectivity index (χ3n) is 4.42. The molecule has 0 saturated heterocycles. The van der Waals surface area contributed by atoms with E-state index in [0.717, 1.165) is 33.2 Å². The minimum atomic E-state index is -4.74. The zero-order valence-electron chi connectivity index (χ0n) is 17.0. The smallest absolute Gasteiger partial charge is 0.395 e. The molecule has 0 bridgehead atoms. The number of aliphatic imine (C=N–C) groups is 1. The van der Waals surface area contributed by atoms with E-state index in [4.69, 9.17) is 5.73 Å². The molecule has 0 aliphatic carbocycles. The van der Waals surface area contributed by atoms with Crippen molar-refractivity contribution in [1.82, 2.24) is 4.98 Å². The average molecular weight is 484 g/mol. The van der Waals surface area contributed by atoms with Gasteiger partial charge in [-0.15, -0.1) is 23.1 Å². The molecule has 32 heavy (non-hydrogen) atoms. The first kappa shape index (κ1) is 23.9. The molecule has 168 valence electrons. The van der Waals surface area contributed by atoms with Crippen molar-refractivity contribution in [1.29, 1.82) is 0 Å². The molecule has 0 radical (unpaired) electrons. The minimum absolute atomic E-state index is 0.0483. The van der Waals surface area contributed by atoms with Crippen molar-refractivity contribution in [2.45, 2.75) is 24.7 Å². The standard InChI is InChI=1S/C22H18F5N3S2/c1-12-7-14(11-30-21(12)31-2)18-5-6-19(32-18)17(9-20(28)22(25,26)27)29-10-13-3-4-15(23)8-16(13)24/h3-9,11H,10,28H2,1-2H3. The molecule has 0 atom stereocenters. The Labute approximate surface area is 189 Å². The molecule has 1 aromatic carbocycles. The Kier molecular flexibility index (Phi) is 7.35. The number of halogens is 5. The largest absolute Gasteiger partial charge is 0.430 e. The molecule has 2 heterocycles. The van der Waals surface area contributed by atoms with Crippen LogP contribution in [0, 0.1) is 18.6 Å². The molecule has 0 amide bonds. The van der Waals surface area contributed by atoms with Crippen LogP contribution in [-0.4, -0.2) is 23.1 Å². The predicted molar refractivity (Wildman–Crippen MR) is 119 cm³/mol. The fourth-order valence-electron chi connectivity index (χ4n) is 2.79. The number of pyridine rings is 1. The molecule has 0 spiro atoms. The van der Waals surface area contributed by atoms with E-state index in [1.54, 1.807) is 18.3 Å². The number of allylic oxidation sites excluding steroid dienone is 2. The van der Waals surface area contributed by atoms with E-state index >= 15 is 0 Å². The van der Waals surface area contributed by atoms with Gasteiger partial charge in [-0.1, -0.05) is 6.07 Å². The van der Waals surface area contributed by atoms with Gasteiger partial charge in [-0.2, -0.15) is 13.2 Å². The van der Waals surface area contributed by atoms with E-state index in [1.807, 2.05) is 19.2 Å². The first-order valence-electron chi connectivity index (χ1n) is 9.22. The topological polar surface area (TPSA) is 51.3 Å². The van der Waals surface area contributed by atoms with E-state index in [1.165, 1.54) is 29.2 Å². The van der Waals surface area contributed by atoms with Crippen LogP contribution in [0.25, 0.3) is 10.4 Å². The van der Waals surface area contributed by atoms with Crippen LogP contribution in [0.3, 0.4) is 0 Å². The van der Waals surface area contributed by atoms with Gasteiger partial charge in [0.1, 0.15) is 17.3 Å². The SMILES string of the molecule is CSc1ncc(-c2ccc(C(C=C(N)C(F)(F)F)=NCc3ccc(F)cc3F)s2)cc1C. The Hall–Kier alpha value is -2.72. The summed E-state index contributed by atoms with van der Waals surface area (Å²) in [5, 5.41) is 0.884. The molecular formula is C22H18F5N3S2. The molecule has 10 heteroatoms. The summed E-state index contributed by atoms with van der Waals surface area (Å²) >= 11 is 2.73. The number of alkyl halides is 3. The van der Waals surface area contributed by atoms with Crippen molar-refractivity contribution in [3.63, 3.8) is 0 Å².